The fourth-order valence-electron chi connectivity index (χ4n) is 1.49. The van der Waals surface area contributed by atoms with Crippen LogP contribution in [0.15, 0.2) is 24.5 Å². The first kappa shape index (κ1) is 13.6. The van der Waals surface area contributed by atoms with Gasteiger partial charge in [-0.15, -0.1) is 0 Å². The summed E-state index contributed by atoms with van der Waals surface area (Å²) in [5, 5.41) is 2.75. The predicted molar refractivity (Wildman–Crippen MR) is 75.6 cm³/mol. The minimum Gasteiger partial charge on any atom is -0.399 e. The third-order valence-corrected chi connectivity index (χ3v) is 3.23. The van der Waals surface area contributed by atoms with Crippen LogP contribution in [0, 0.1) is 6.92 Å². The molecule has 2 aromatic rings. The molecule has 0 saturated carbocycles. The van der Waals surface area contributed by atoms with Crippen molar-refractivity contribution in [3.05, 3.63) is 45.8 Å². The summed E-state index contributed by atoms with van der Waals surface area (Å²) < 4.78 is 0. The van der Waals surface area contributed by atoms with Gasteiger partial charge in [0, 0.05) is 11.3 Å². The maximum absolute atomic E-state index is 12.1. The van der Waals surface area contributed by atoms with Gasteiger partial charge in [-0.2, -0.15) is 0 Å². The molecular weight excluding hydrogens is 287 g/mol. The highest BCUT2D eigenvalue weighted by atomic mass is 35.5. The number of nitrogen functional groups attached to an aromatic ring is 1. The van der Waals surface area contributed by atoms with Crippen molar-refractivity contribution in [1.29, 1.82) is 0 Å². The van der Waals surface area contributed by atoms with Crippen LogP contribution in [0.5, 0.6) is 0 Å². The van der Waals surface area contributed by atoms with E-state index in [-0.39, 0.29) is 21.9 Å². The van der Waals surface area contributed by atoms with Gasteiger partial charge in [0.15, 0.2) is 11.0 Å². The molecular formula is C12H10Cl2N4O. The van der Waals surface area contributed by atoms with Crippen molar-refractivity contribution in [2.24, 2.45) is 0 Å². The molecule has 19 heavy (non-hydrogen) atoms. The highest BCUT2D eigenvalue weighted by molar-refractivity contribution is 6.43. The van der Waals surface area contributed by atoms with Crippen molar-refractivity contribution >= 4 is 40.6 Å². The fraction of sp³-hybridized carbons (Fsp3) is 0.0833. The molecule has 0 aliphatic rings. The zero-order chi connectivity index (χ0) is 14.0. The Hall–Kier alpha value is -1.85. The van der Waals surface area contributed by atoms with E-state index in [1.165, 1.54) is 6.33 Å². The zero-order valence-electron chi connectivity index (χ0n) is 9.95. The van der Waals surface area contributed by atoms with E-state index in [9.17, 15) is 4.79 Å². The molecule has 98 valence electrons. The van der Waals surface area contributed by atoms with E-state index in [1.54, 1.807) is 18.2 Å². The topological polar surface area (TPSA) is 80.9 Å². The first-order valence-corrected chi connectivity index (χ1v) is 6.08. The summed E-state index contributed by atoms with van der Waals surface area (Å²) in [6.45, 7) is 1.81. The average molecular weight is 297 g/mol. The number of amides is 1. The van der Waals surface area contributed by atoms with Crippen LogP contribution in [0.2, 0.25) is 10.2 Å². The highest BCUT2D eigenvalue weighted by Crippen LogP contribution is 2.26. The Morgan fingerprint density at radius 3 is 2.79 bits per heavy atom. The van der Waals surface area contributed by atoms with Crippen LogP contribution >= 0.6 is 23.2 Å². The Labute approximate surface area is 119 Å². The van der Waals surface area contributed by atoms with Crippen molar-refractivity contribution in [2.75, 3.05) is 11.1 Å². The number of carbonyl (C=O) groups excluding carboxylic acids is 1. The van der Waals surface area contributed by atoms with Crippen LogP contribution in [0.25, 0.3) is 0 Å². The van der Waals surface area contributed by atoms with Gasteiger partial charge in [0.2, 0.25) is 0 Å². The van der Waals surface area contributed by atoms with Crippen LogP contribution in [0.1, 0.15) is 15.9 Å². The normalized spacial score (nSPS) is 10.3. The standard InChI is InChI=1S/C12H10Cl2N4O/c1-6-2-3-7(15)4-8(6)12(19)18-11-9(13)10(14)16-5-17-11/h2-5H,15H2,1H3,(H,16,17,18,19). The molecule has 0 saturated heterocycles. The zero-order valence-corrected chi connectivity index (χ0v) is 11.5. The summed E-state index contributed by atoms with van der Waals surface area (Å²) >= 11 is 11.6. The minimum atomic E-state index is -0.360. The van der Waals surface area contributed by atoms with E-state index >= 15 is 0 Å². The van der Waals surface area contributed by atoms with E-state index in [4.69, 9.17) is 28.9 Å². The Bertz CT molecular complexity index is 646. The predicted octanol–water partition coefficient (Wildman–Crippen LogP) is 2.93. The van der Waals surface area contributed by atoms with Gasteiger partial charge in [-0.1, -0.05) is 29.3 Å². The molecule has 1 heterocycles. The summed E-state index contributed by atoms with van der Waals surface area (Å²) in [4.78, 5) is 19.7. The molecule has 0 radical (unpaired) electrons. The second kappa shape index (κ2) is 5.42. The van der Waals surface area contributed by atoms with Crippen molar-refractivity contribution in [3.8, 4) is 0 Å². The van der Waals surface area contributed by atoms with Gasteiger partial charge in [0.05, 0.1) is 0 Å². The lowest BCUT2D eigenvalue weighted by Crippen LogP contribution is -2.15. The van der Waals surface area contributed by atoms with Gasteiger partial charge >= 0.3 is 0 Å². The number of nitrogens with two attached hydrogens (primary N) is 1. The van der Waals surface area contributed by atoms with Gasteiger partial charge in [-0.05, 0) is 24.6 Å². The number of nitrogens with one attached hydrogen (secondary N) is 1. The quantitative estimate of drug-likeness (QED) is 0.659. The van der Waals surface area contributed by atoms with Gasteiger partial charge in [-0.3, -0.25) is 4.79 Å². The molecule has 1 amide bonds. The maximum atomic E-state index is 12.1. The van der Waals surface area contributed by atoms with Gasteiger partial charge in [0.1, 0.15) is 11.3 Å². The molecule has 2 rings (SSSR count). The van der Waals surface area contributed by atoms with E-state index in [0.717, 1.165) is 5.56 Å². The van der Waals surface area contributed by atoms with Crippen LogP contribution in [0.3, 0.4) is 0 Å². The van der Waals surface area contributed by atoms with E-state index in [0.29, 0.717) is 11.3 Å². The Morgan fingerprint density at radius 1 is 1.32 bits per heavy atom. The first-order chi connectivity index (χ1) is 8.99. The summed E-state index contributed by atoms with van der Waals surface area (Å²) in [5.74, 6) is -0.199. The lowest BCUT2D eigenvalue weighted by molar-refractivity contribution is 0.102. The number of hydrogen-bond acceptors (Lipinski definition) is 4. The summed E-state index contributed by atoms with van der Waals surface area (Å²) in [6.07, 6.45) is 1.22. The molecule has 0 aliphatic heterocycles. The van der Waals surface area contributed by atoms with Crippen LogP contribution in [-0.2, 0) is 0 Å². The summed E-state index contributed by atoms with van der Waals surface area (Å²) in [7, 11) is 0. The first-order valence-electron chi connectivity index (χ1n) is 5.32. The molecule has 1 aromatic heterocycles. The number of carbonyl (C=O) groups is 1. The second-order valence-corrected chi connectivity index (χ2v) is 4.59. The van der Waals surface area contributed by atoms with Crippen molar-refractivity contribution < 1.29 is 4.79 Å². The number of benzene rings is 1. The minimum absolute atomic E-state index is 0.0799. The van der Waals surface area contributed by atoms with E-state index < -0.39 is 0 Å². The number of aryl methyl sites for hydroxylation is 1. The molecule has 0 unspecified atom stereocenters. The molecule has 7 heteroatoms. The van der Waals surface area contributed by atoms with Crippen LogP contribution in [0.4, 0.5) is 11.5 Å². The second-order valence-electron chi connectivity index (χ2n) is 3.86. The highest BCUT2D eigenvalue weighted by Gasteiger charge is 2.14. The molecule has 3 N–H and O–H groups in total. The maximum Gasteiger partial charge on any atom is 0.257 e. The number of nitrogens with zero attached hydrogens (tertiary/aromatic N) is 2. The fourth-order valence-corrected chi connectivity index (χ4v) is 1.77. The summed E-state index contributed by atoms with van der Waals surface area (Å²) in [6, 6.07) is 5.07. The number of rotatable bonds is 2. The Morgan fingerprint density at radius 2 is 2.05 bits per heavy atom. The van der Waals surface area contributed by atoms with Crippen LogP contribution in [-0.4, -0.2) is 15.9 Å². The SMILES string of the molecule is Cc1ccc(N)cc1C(=O)Nc1ncnc(Cl)c1Cl. The smallest absolute Gasteiger partial charge is 0.257 e. The molecule has 5 nitrogen and oxygen atoms in total. The van der Waals surface area contributed by atoms with Gasteiger partial charge in [0.25, 0.3) is 5.91 Å². The third kappa shape index (κ3) is 2.94. The number of anilines is 2. The van der Waals surface area contributed by atoms with Gasteiger partial charge in [-0.25, -0.2) is 9.97 Å². The summed E-state index contributed by atoms with van der Waals surface area (Å²) in [5.41, 5.74) is 7.41. The number of halogens is 2. The lowest BCUT2D eigenvalue weighted by atomic mass is 10.1. The van der Waals surface area contributed by atoms with Crippen molar-refractivity contribution in [2.45, 2.75) is 6.92 Å². The Balaban J connectivity index is 2.31. The van der Waals surface area contributed by atoms with E-state index in [2.05, 4.69) is 15.3 Å². The number of hydrogen-bond donors (Lipinski definition) is 2. The molecule has 0 spiro atoms. The lowest BCUT2D eigenvalue weighted by Gasteiger charge is -2.09. The van der Waals surface area contributed by atoms with Crippen molar-refractivity contribution in [1.82, 2.24) is 9.97 Å². The van der Waals surface area contributed by atoms with E-state index in [1.807, 2.05) is 6.92 Å². The molecule has 0 bridgehead atoms. The Kier molecular flexibility index (Phi) is 3.87. The molecule has 0 aliphatic carbocycles. The third-order valence-electron chi connectivity index (χ3n) is 2.49. The molecule has 0 atom stereocenters. The van der Waals surface area contributed by atoms with Crippen LogP contribution < -0.4 is 11.1 Å². The number of aromatic nitrogens is 2. The van der Waals surface area contributed by atoms with Gasteiger partial charge < -0.3 is 11.1 Å². The molecule has 0 fully saturated rings. The largest absolute Gasteiger partial charge is 0.399 e. The molecule has 1 aromatic carbocycles. The van der Waals surface area contributed by atoms with Crippen molar-refractivity contribution in [3.63, 3.8) is 0 Å². The average Bonchev–Trinajstić information content (AvgIpc) is 2.38. The monoisotopic (exact) mass is 296 g/mol.